The van der Waals surface area contributed by atoms with Crippen molar-refractivity contribution in [2.75, 3.05) is 13.1 Å². The van der Waals surface area contributed by atoms with Crippen LogP contribution in [0.3, 0.4) is 0 Å². The zero-order valence-electron chi connectivity index (χ0n) is 10.6. The predicted octanol–water partition coefficient (Wildman–Crippen LogP) is 2.92. The molecular weight excluding hydrogens is 198 g/mol. The summed E-state index contributed by atoms with van der Waals surface area (Å²) in [5, 5.41) is 3.44. The molecule has 1 unspecified atom stereocenters. The van der Waals surface area contributed by atoms with E-state index in [0.717, 1.165) is 45.2 Å². The maximum atomic E-state index is 12.7. The highest BCUT2D eigenvalue weighted by Crippen LogP contribution is 2.39. The second-order valence-corrected chi connectivity index (χ2v) is 5.66. The Kier molecular flexibility index (Phi) is 4.01. The highest BCUT2D eigenvalue weighted by Gasteiger charge is 2.42. The van der Waals surface area contributed by atoms with E-state index in [9.17, 15) is 4.79 Å². The summed E-state index contributed by atoms with van der Waals surface area (Å²) >= 11 is 0. The first-order valence-electron chi connectivity index (χ1n) is 7.03. The SMILES string of the molecule is CCCC1(C(=O)C2CCCC2)CCCNC1. The summed E-state index contributed by atoms with van der Waals surface area (Å²) in [4.78, 5) is 12.7. The third-order valence-corrected chi connectivity index (χ3v) is 4.45. The van der Waals surface area contributed by atoms with Gasteiger partial charge in [-0.1, -0.05) is 26.2 Å². The van der Waals surface area contributed by atoms with Crippen LogP contribution in [0.1, 0.15) is 58.3 Å². The van der Waals surface area contributed by atoms with Gasteiger partial charge in [-0.2, -0.15) is 0 Å². The fourth-order valence-electron chi connectivity index (χ4n) is 3.61. The molecule has 1 atom stereocenters. The number of carbonyl (C=O) groups excluding carboxylic acids is 1. The van der Waals surface area contributed by atoms with E-state index in [1.54, 1.807) is 0 Å². The van der Waals surface area contributed by atoms with Crippen LogP contribution in [0.15, 0.2) is 0 Å². The van der Waals surface area contributed by atoms with Crippen molar-refractivity contribution >= 4 is 5.78 Å². The predicted molar refractivity (Wildman–Crippen MR) is 66.4 cm³/mol. The molecule has 1 saturated carbocycles. The number of hydrogen-bond donors (Lipinski definition) is 1. The van der Waals surface area contributed by atoms with Crippen LogP contribution in [0.4, 0.5) is 0 Å². The molecule has 1 aliphatic heterocycles. The van der Waals surface area contributed by atoms with E-state index in [0.29, 0.717) is 11.7 Å². The molecule has 2 rings (SSSR count). The van der Waals surface area contributed by atoms with E-state index in [2.05, 4.69) is 12.2 Å². The number of ketones is 1. The molecule has 0 aromatic carbocycles. The Morgan fingerprint density at radius 3 is 2.62 bits per heavy atom. The van der Waals surface area contributed by atoms with Crippen molar-refractivity contribution < 1.29 is 4.79 Å². The third kappa shape index (κ3) is 2.32. The first-order chi connectivity index (χ1) is 7.78. The summed E-state index contributed by atoms with van der Waals surface area (Å²) < 4.78 is 0. The third-order valence-electron chi connectivity index (χ3n) is 4.45. The molecule has 2 aliphatic rings. The van der Waals surface area contributed by atoms with E-state index < -0.39 is 0 Å². The fraction of sp³-hybridized carbons (Fsp3) is 0.929. The Hall–Kier alpha value is -0.370. The van der Waals surface area contributed by atoms with Gasteiger partial charge < -0.3 is 5.32 Å². The lowest BCUT2D eigenvalue weighted by Crippen LogP contribution is -2.47. The van der Waals surface area contributed by atoms with Gasteiger partial charge in [-0.15, -0.1) is 0 Å². The van der Waals surface area contributed by atoms with Gasteiger partial charge in [0.1, 0.15) is 5.78 Å². The number of hydrogen-bond acceptors (Lipinski definition) is 2. The monoisotopic (exact) mass is 223 g/mol. The molecule has 0 radical (unpaired) electrons. The summed E-state index contributed by atoms with van der Waals surface area (Å²) in [6.07, 6.45) is 9.39. The number of piperidine rings is 1. The normalized spacial score (nSPS) is 31.8. The second kappa shape index (κ2) is 5.31. The Bertz CT molecular complexity index is 232. The zero-order valence-corrected chi connectivity index (χ0v) is 10.6. The highest BCUT2D eigenvalue weighted by molar-refractivity contribution is 5.87. The van der Waals surface area contributed by atoms with Gasteiger partial charge >= 0.3 is 0 Å². The van der Waals surface area contributed by atoms with Gasteiger partial charge in [0.2, 0.25) is 0 Å². The minimum absolute atomic E-state index is 0.00199. The molecule has 1 saturated heterocycles. The zero-order chi connectivity index (χ0) is 11.4. The van der Waals surface area contributed by atoms with Gasteiger partial charge in [0.15, 0.2) is 0 Å². The Morgan fingerprint density at radius 1 is 1.31 bits per heavy atom. The summed E-state index contributed by atoms with van der Waals surface area (Å²) in [5.74, 6) is 0.991. The van der Waals surface area contributed by atoms with Crippen LogP contribution in [0.25, 0.3) is 0 Å². The molecule has 0 amide bonds. The number of nitrogens with one attached hydrogen (secondary N) is 1. The standard InChI is InChI=1S/C14H25NO/c1-2-8-14(9-5-10-15-11-14)13(16)12-6-3-4-7-12/h12,15H,2-11H2,1H3. The molecule has 1 heterocycles. The lowest BCUT2D eigenvalue weighted by Gasteiger charge is -2.38. The first-order valence-corrected chi connectivity index (χ1v) is 7.03. The minimum atomic E-state index is 0.00199. The molecule has 16 heavy (non-hydrogen) atoms. The van der Waals surface area contributed by atoms with E-state index in [4.69, 9.17) is 0 Å². The first kappa shape index (κ1) is 12.1. The molecule has 2 nitrogen and oxygen atoms in total. The lowest BCUT2D eigenvalue weighted by molar-refractivity contribution is -0.134. The van der Waals surface area contributed by atoms with Crippen LogP contribution >= 0.6 is 0 Å². The van der Waals surface area contributed by atoms with E-state index in [1.165, 1.54) is 19.3 Å². The van der Waals surface area contributed by atoms with Gasteiger partial charge in [0.25, 0.3) is 0 Å². The van der Waals surface area contributed by atoms with Crippen LogP contribution in [0.2, 0.25) is 0 Å². The summed E-state index contributed by atoms with van der Waals surface area (Å²) in [6.45, 7) is 4.25. The average Bonchev–Trinajstić information content (AvgIpc) is 2.83. The smallest absolute Gasteiger partial charge is 0.143 e. The summed E-state index contributed by atoms with van der Waals surface area (Å²) in [5.41, 5.74) is 0.00199. The Morgan fingerprint density at radius 2 is 2.06 bits per heavy atom. The molecule has 1 N–H and O–H groups in total. The van der Waals surface area contributed by atoms with E-state index >= 15 is 0 Å². The second-order valence-electron chi connectivity index (χ2n) is 5.66. The number of Topliss-reactive ketones (excluding diaryl/α,β-unsaturated/α-hetero) is 1. The summed E-state index contributed by atoms with van der Waals surface area (Å²) in [6, 6.07) is 0. The number of rotatable bonds is 4. The van der Waals surface area contributed by atoms with Gasteiger partial charge in [-0.25, -0.2) is 0 Å². The summed E-state index contributed by atoms with van der Waals surface area (Å²) in [7, 11) is 0. The maximum absolute atomic E-state index is 12.7. The molecule has 1 aliphatic carbocycles. The maximum Gasteiger partial charge on any atom is 0.143 e. The molecule has 2 heteroatoms. The van der Waals surface area contributed by atoms with Crippen molar-refractivity contribution in [3.05, 3.63) is 0 Å². The van der Waals surface area contributed by atoms with Crippen molar-refractivity contribution in [3.8, 4) is 0 Å². The quantitative estimate of drug-likeness (QED) is 0.794. The topological polar surface area (TPSA) is 29.1 Å². The molecule has 92 valence electrons. The van der Waals surface area contributed by atoms with Crippen LogP contribution in [0, 0.1) is 11.3 Å². The number of carbonyl (C=O) groups is 1. The minimum Gasteiger partial charge on any atom is -0.316 e. The highest BCUT2D eigenvalue weighted by atomic mass is 16.1. The van der Waals surface area contributed by atoms with Crippen molar-refractivity contribution in [3.63, 3.8) is 0 Å². The van der Waals surface area contributed by atoms with Gasteiger partial charge in [0, 0.05) is 17.9 Å². The van der Waals surface area contributed by atoms with Gasteiger partial charge in [0.05, 0.1) is 0 Å². The molecule has 0 aromatic heterocycles. The van der Waals surface area contributed by atoms with Crippen molar-refractivity contribution in [1.82, 2.24) is 5.32 Å². The van der Waals surface area contributed by atoms with Gasteiger partial charge in [-0.05, 0) is 38.6 Å². The van der Waals surface area contributed by atoms with Gasteiger partial charge in [-0.3, -0.25) is 4.79 Å². The van der Waals surface area contributed by atoms with Crippen molar-refractivity contribution in [2.45, 2.75) is 58.3 Å². The Labute approximate surface area is 99.2 Å². The van der Waals surface area contributed by atoms with Crippen LogP contribution in [0.5, 0.6) is 0 Å². The van der Waals surface area contributed by atoms with Crippen molar-refractivity contribution in [1.29, 1.82) is 0 Å². The molecule has 0 spiro atoms. The van der Waals surface area contributed by atoms with Crippen molar-refractivity contribution in [2.24, 2.45) is 11.3 Å². The molecule has 2 fully saturated rings. The largest absolute Gasteiger partial charge is 0.316 e. The van der Waals surface area contributed by atoms with E-state index in [-0.39, 0.29) is 5.41 Å². The lowest BCUT2D eigenvalue weighted by atomic mass is 9.69. The van der Waals surface area contributed by atoms with Crippen LogP contribution in [-0.4, -0.2) is 18.9 Å². The fourth-order valence-corrected chi connectivity index (χ4v) is 3.61. The molecule has 0 bridgehead atoms. The van der Waals surface area contributed by atoms with Crippen LogP contribution in [-0.2, 0) is 4.79 Å². The Balaban J connectivity index is 2.07. The molecular formula is C14H25NO. The van der Waals surface area contributed by atoms with E-state index in [1.807, 2.05) is 0 Å². The molecule has 0 aromatic rings. The average molecular weight is 223 g/mol. The van der Waals surface area contributed by atoms with Crippen LogP contribution < -0.4 is 5.32 Å².